The Hall–Kier alpha value is -1.08. The van der Waals surface area contributed by atoms with Crippen molar-refractivity contribution < 1.29 is 14.7 Å². The highest BCUT2D eigenvalue weighted by atomic mass is 79.9. The van der Waals surface area contributed by atoms with Crippen molar-refractivity contribution in [2.24, 2.45) is 0 Å². The number of carbonyl (C=O) groups excluding carboxylic acids is 1. The number of rotatable bonds is 9. The lowest BCUT2D eigenvalue weighted by molar-refractivity contribution is -0.141. The molecule has 0 aromatic heterocycles. The number of amides is 1. The van der Waals surface area contributed by atoms with Crippen molar-refractivity contribution >= 4 is 49.4 Å². The molecule has 0 radical (unpaired) electrons. The summed E-state index contributed by atoms with van der Waals surface area (Å²) in [6, 6.07) is 6.87. The molecule has 5 nitrogen and oxygen atoms in total. The Kier molecular flexibility index (Phi) is 8.48. The fraction of sp³-hybridized carbons (Fsp3) is 0.467. The van der Waals surface area contributed by atoms with Crippen LogP contribution in [0.25, 0.3) is 0 Å². The number of carboxylic acids is 1. The van der Waals surface area contributed by atoms with Crippen LogP contribution in [0.3, 0.4) is 0 Å². The van der Waals surface area contributed by atoms with Crippen LogP contribution in [0.1, 0.15) is 12.5 Å². The van der Waals surface area contributed by atoms with E-state index in [9.17, 15) is 9.59 Å². The molecule has 0 saturated carbocycles. The highest BCUT2D eigenvalue weighted by Gasteiger charge is 2.18. The van der Waals surface area contributed by atoms with Crippen LogP contribution < -0.4 is 10.2 Å². The molecule has 0 fully saturated rings. The third-order valence-corrected chi connectivity index (χ3v) is 3.84. The SMILES string of the molecule is CC(=O)N[C@@H](Cc1ccc(N(CCBr)CCBr)cc1)C(=O)O. The van der Waals surface area contributed by atoms with Gasteiger partial charge in [0, 0.05) is 42.8 Å². The lowest BCUT2D eigenvalue weighted by atomic mass is 10.1. The minimum absolute atomic E-state index is 0.270. The van der Waals surface area contributed by atoms with Crippen molar-refractivity contribution in [1.82, 2.24) is 5.32 Å². The summed E-state index contributed by atoms with van der Waals surface area (Å²) in [5, 5.41) is 13.3. The number of benzene rings is 1. The molecule has 0 aliphatic carbocycles. The Labute approximate surface area is 147 Å². The van der Waals surface area contributed by atoms with Gasteiger partial charge in [-0.25, -0.2) is 4.79 Å². The predicted molar refractivity (Wildman–Crippen MR) is 95.2 cm³/mol. The number of hydrogen-bond acceptors (Lipinski definition) is 3. The van der Waals surface area contributed by atoms with E-state index in [2.05, 4.69) is 42.1 Å². The van der Waals surface area contributed by atoms with Crippen molar-refractivity contribution in [3.8, 4) is 0 Å². The summed E-state index contributed by atoms with van der Waals surface area (Å²) in [5.74, 6) is -1.37. The number of hydrogen-bond donors (Lipinski definition) is 2. The van der Waals surface area contributed by atoms with E-state index < -0.39 is 12.0 Å². The maximum absolute atomic E-state index is 11.2. The van der Waals surface area contributed by atoms with Crippen molar-refractivity contribution in [3.05, 3.63) is 29.8 Å². The molecule has 0 spiro atoms. The van der Waals surface area contributed by atoms with Gasteiger partial charge in [-0.1, -0.05) is 44.0 Å². The number of carboxylic acid groups (broad SMARTS) is 1. The molecule has 1 rings (SSSR count). The first-order valence-corrected chi connectivity index (χ1v) is 9.18. The van der Waals surface area contributed by atoms with E-state index in [1.807, 2.05) is 24.3 Å². The Morgan fingerprint density at radius 2 is 1.73 bits per heavy atom. The van der Waals surface area contributed by atoms with Crippen LogP contribution in [-0.4, -0.2) is 46.8 Å². The molecule has 0 unspecified atom stereocenters. The largest absolute Gasteiger partial charge is 0.480 e. The van der Waals surface area contributed by atoms with Gasteiger partial charge in [0.2, 0.25) is 5.91 Å². The van der Waals surface area contributed by atoms with E-state index in [1.54, 1.807) is 0 Å². The standard InChI is InChI=1S/C15H20Br2N2O3/c1-11(20)18-14(15(21)22)10-12-2-4-13(5-3-12)19(8-6-16)9-7-17/h2-5,14H,6-10H2,1H3,(H,18,20)(H,21,22)/t14-/m0/s1. The maximum atomic E-state index is 11.2. The summed E-state index contributed by atoms with van der Waals surface area (Å²) in [4.78, 5) is 24.4. The van der Waals surface area contributed by atoms with Crippen LogP contribution in [0.5, 0.6) is 0 Å². The van der Waals surface area contributed by atoms with Crippen LogP contribution in [0.4, 0.5) is 5.69 Å². The normalized spacial score (nSPS) is 11.8. The minimum Gasteiger partial charge on any atom is -0.480 e. The molecule has 0 bridgehead atoms. The van der Waals surface area contributed by atoms with Gasteiger partial charge in [0.15, 0.2) is 0 Å². The second-order valence-corrected chi connectivity index (χ2v) is 6.41. The van der Waals surface area contributed by atoms with Gasteiger partial charge < -0.3 is 15.3 Å². The summed E-state index contributed by atoms with van der Waals surface area (Å²) in [7, 11) is 0. The third-order valence-electron chi connectivity index (χ3n) is 3.13. The molecule has 2 N–H and O–H groups in total. The molecule has 1 amide bonds. The van der Waals surface area contributed by atoms with Crippen molar-refractivity contribution in [3.63, 3.8) is 0 Å². The summed E-state index contributed by atoms with van der Waals surface area (Å²) in [6.45, 7) is 3.11. The Morgan fingerprint density at radius 3 is 2.14 bits per heavy atom. The zero-order valence-corrected chi connectivity index (χ0v) is 15.6. The molecular formula is C15H20Br2N2O3. The van der Waals surface area contributed by atoms with Crippen LogP contribution in [0.2, 0.25) is 0 Å². The molecule has 0 aliphatic heterocycles. The van der Waals surface area contributed by atoms with E-state index in [-0.39, 0.29) is 12.3 Å². The van der Waals surface area contributed by atoms with Crippen molar-refractivity contribution in [2.45, 2.75) is 19.4 Å². The van der Waals surface area contributed by atoms with Crippen molar-refractivity contribution in [1.29, 1.82) is 0 Å². The molecule has 0 aliphatic rings. The summed E-state index contributed by atoms with van der Waals surface area (Å²) in [6.07, 6.45) is 0.270. The van der Waals surface area contributed by atoms with E-state index in [1.165, 1.54) is 6.92 Å². The first-order chi connectivity index (χ1) is 10.5. The van der Waals surface area contributed by atoms with Crippen LogP contribution in [0, 0.1) is 0 Å². The van der Waals surface area contributed by atoms with Crippen molar-refractivity contribution in [2.75, 3.05) is 28.6 Å². The molecule has 1 atom stereocenters. The number of halogens is 2. The summed E-state index contributed by atoms with van der Waals surface area (Å²) >= 11 is 6.88. The zero-order chi connectivity index (χ0) is 16.5. The highest BCUT2D eigenvalue weighted by molar-refractivity contribution is 9.09. The fourth-order valence-electron chi connectivity index (χ4n) is 2.10. The van der Waals surface area contributed by atoms with E-state index in [0.717, 1.165) is 35.0 Å². The van der Waals surface area contributed by atoms with E-state index >= 15 is 0 Å². The molecular weight excluding hydrogens is 416 g/mol. The van der Waals surface area contributed by atoms with Crippen LogP contribution in [0.15, 0.2) is 24.3 Å². The van der Waals surface area contributed by atoms with Gasteiger partial charge >= 0.3 is 5.97 Å². The lowest BCUT2D eigenvalue weighted by Crippen LogP contribution is -2.41. The van der Waals surface area contributed by atoms with Gasteiger partial charge in [-0.05, 0) is 17.7 Å². The molecule has 7 heteroatoms. The highest BCUT2D eigenvalue weighted by Crippen LogP contribution is 2.17. The number of alkyl halides is 2. The predicted octanol–water partition coefficient (Wildman–Crippen LogP) is 2.41. The molecule has 122 valence electrons. The van der Waals surface area contributed by atoms with E-state index in [4.69, 9.17) is 5.11 Å². The minimum atomic E-state index is -1.03. The topological polar surface area (TPSA) is 69.6 Å². The number of nitrogens with one attached hydrogen (secondary N) is 1. The van der Waals surface area contributed by atoms with Gasteiger partial charge in [-0.2, -0.15) is 0 Å². The average molecular weight is 436 g/mol. The number of nitrogens with zero attached hydrogens (tertiary/aromatic N) is 1. The number of carbonyl (C=O) groups is 2. The fourth-order valence-corrected chi connectivity index (χ4v) is 2.95. The summed E-state index contributed by atoms with van der Waals surface area (Å²) < 4.78 is 0. The smallest absolute Gasteiger partial charge is 0.326 e. The number of aliphatic carboxylic acids is 1. The molecule has 0 heterocycles. The summed E-state index contributed by atoms with van der Waals surface area (Å²) in [5.41, 5.74) is 1.97. The van der Waals surface area contributed by atoms with Gasteiger partial charge in [-0.15, -0.1) is 0 Å². The average Bonchev–Trinajstić information content (AvgIpc) is 2.46. The second kappa shape index (κ2) is 9.84. The number of anilines is 1. The molecule has 1 aromatic carbocycles. The zero-order valence-electron chi connectivity index (χ0n) is 12.4. The van der Waals surface area contributed by atoms with Gasteiger partial charge in [0.25, 0.3) is 0 Å². The second-order valence-electron chi connectivity index (χ2n) is 4.83. The Bertz CT molecular complexity index is 488. The van der Waals surface area contributed by atoms with Crippen LogP contribution in [-0.2, 0) is 16.0 Å². The Balaban J connectivity index is 2.78. The molecule has 1 aromatic rings. The third kappa shape index (κ3) is 6.36. The van der Waals surface area contributed by atoms with Crippen LogP contribution >= 0.6 is 31.9 Å². The Morgan fingerprint density at radius 1 is 1.18 bits per heavy atom. The van der Waals surface area contributed by atoms with Gasteiger partial charge in [-0.3, -0.25) is 4.79 Å². The maximum Gasteiger partial charge on any atom is 0.326 e. The first kappa shape index (κ1) is 19.0. The first-order valence-electron chi connectivity index (χ1n) is 6.93. The lowest BCUT2D eigenvalue weighted by Gasteiger charge is -2.23. The van der Waals surface area contributed by atoms with E-state index in [0.29, 0.717) is 0 Å². The molecule has 0 saturated heterocycles. The monoisotopic (exact) mass is 434 g/mol. The molecule has 22 heavy (non-hydrogen) atoms. The van der Waals surface area contributed by atoms with Gasteiger partial charge in [0.05, 0.1) is 0 Å². The quantitative estimate of drug-likeness (QED) is 0.584. The van der Waals surface area contributed by atoms with Gasteiger partial charge in [0.1, 0.15) is 6.04 Å².